The van der Waals surface area contributed by atoms with Gasteiger partial charge in [0, 0.05) is 18.1 Å². The quantitative estimate of drug-likeness (QED) is 0.636. The molecule has 0 saturated carbocycles. The van der Waals surface area contributed by atoms with Crippen LogP contribution in [0.2, 0.25) is 0 Å². The van der Waals surface area contributed by atoms with Crippen LogP contribution in [-0.2, 0) is 6.54 Å². The van der Waals surface area contributed by atoms with Gasteiger partial charge in [0.15, 0.2) is 0 Å². The number of rotatable bonds is 6. The second-order valence-electron chi connectivity index (χ2n) is 6.97. The minimum Gasteiger partial charge on any atom is -0.304 e. The Morgan fingerprint density at radius 3 is 2.42 bits per heavy atom. The van der Waals surface area contributed by atoms with Gasteiger partial charge in [-0.25, -0.2) is 4.98 Å². The maximum Gasteiger partial charge on any atom is 0.262 e. The first-order valence-electron chi connectivity index (χ1n) is 9.45. The lowest BCUT2D eigenvalue weighted by atomic mass is 10.0. The SMILES string of the molecule is CCN(CC)CCCn1c(C)nc2c(cnc3cc(C)c(C)cc32)c1=O. The van der Waals surface area contributed by atoms with E-state index in [-0.39, 0.29) is 5.56 Å². The first-order chi connectivity index (χ1) is 12.5. The molecule has 0 fully saturated rings. The Bertz CT molecular complexity index is 1000. The fourth-order valence-corrected chi connectivity index (χ4v) is 3.48. The van der Waals surface area contributed by atoms with Gasteiger partial charge in [-0.1, -0.05) is 13.8 Å². The van der Waals surface area contributed by atoms with Gasteiger partial charge >= 0.3 is 0 Å². The molecule has 3 aromatic rings. The Balaban J connectivity index is 2.04. The van der Waals surface area contributed by atoms with Gasteiger partial charge < -0.3 is 4.90 Å². The zero-order valence-corrected chi connectivity index (χ0v) is 16.5. The fraction of sp³-hybridized carbons (Fsp3) is 0.476. The van der Waals surface area contributed by atoms with Crippen molar-refractivity contribution in [3.8, 4) is 0 Å². The van der Waals surface area contributed by atoms with Crippen molar-refractivity contribution in [2.24, 2.45) is 0 Å². The van der Waals surface area contributed by atoms with Crippen molar-refractivity contribution < 1.29 is 0 Å². The molecule has 0 radical (unpaired) electrons. The van der Waals surface area contributed by atoms with Crippen molar-refractivity contribution in [2.75, 3.05) is 19.6 Å². The van der Waals surface area contributed by atoms with Crippen LogP contribution < -0.4 is 5.56 Å². The van der Waals surface area contributed by atoms with E-state index < -0.39 is 0 Å². The number of nitrogens with zero attached hydrogens (tertiary/aromatic N) is 4. The summed E-state index contributed by atoms with van der Waals surface area (Å²) in [4.78, 5) is 24.7. The van der Waals surface area contributed by atoms with E-state index >= 15 is 0 Å². The molecular weight excluding hydrogens is 324 g/mol. The van der Waals surface area contributed by atoms with Crippen molar-refractivity contribution in [3.05, 3.63) is 45.6 Å². The Hall–Kier alpha value is -2.27. The molecule has 0 amide bonds. The van der Waals surface area contributed by atoms with Gasteiger partial charge in [-0.3, -0.25) is 14.3 Å². The number of hydrogen-bond donors (Lipinski definition) is 0. The van der Waals surface area contributed by atoms with Crippen molar-refractivity contribution in [2.45, 2.75) is 47.6 Å². The van der Waals surface area contributed by atoms with E-state index in [0.717, 1.165) is 48.3 Å². The van der Waals surface area contributed by atoms with Crippen LogP contribution in [0.4, 0.5) is 0 Å². The number of fused-ring (bicyclic) bond motifs is 3. The van der Waals surface area contributed by atoms with Crippen molar-refractivity contribution in [1.82, 2.24) is 19.4 Å². The van der Waals surface area contributed by atoms with E-state index in [9.17, 15) is 4.79 Å². The molecule has 0 aliphatic heterocycles. The highest BCUT2D eigenvalue weighted by Gasteiger charge is 2.12. The Morgan fingerprint density at radius 1 is 1.04 bits per heavy atom. The lowest BCUT2D eigenvalue weighted by Gasteiger charge is -2.18. The van der Waals surface area contributed by atoms with E-state index in [0.29, 0.717) is 11.9 Å². The Labute approximate surface area is 154 Å². The average molecular weight is 352 g/mol. The third kappa shape index (κ3) is 3.36. The van der Waals surface area contributed by atoms with E-state index in [4.69, 9.17) is 4.98 Å². The molecule has 0 bridgehead atoms. The molecule has 0 unspecified atom stereocenters. The molecule has 1 aromatic carbocycles. The Kier molecular flexibility index (Phi) is 5.37. The number of pyridine rings is 1. The summed E-state index contributed by atoms with van der Waals surface area (Å²) in [6.45, 7) is 14.2. The topological polar surface area (TPSA) is 51.0 Å². The van der Waals surface area contributed by atoms with E-state index in [2.05, 4.69) is 49.7 Å². The monoisotopic (exact) mass is 352 g/mol. The second kappa shape index (κ2) is 7.54. The van der Waals surface area contributed by atoms with Crippen molar-refractivity contribution >= 4 is 21.8 Å². The summed E-state index contributed by atoms with van der Waals surface area (Å²) in [6.07, 6.45) is 2.62. The minimum atomic E-state index is 0.0136. The third-order valence-corrected chi connectivity index (χ3v) is 5.35. The molecule has 5 nitrogen and oxygen atoms in total. The molecule has 5 heteroatoms. The molecular formula is C21H28N4O. The van der Waals surface area contributed by atoms with E-state index in [1.807, 2.05) is 6.92 Å². The molecule has 138 valence electrons. The third-order valence-electron chi connectivity index (χ3n) is 5.35. The number of aromatic nitrogens is 3. The molecule has 2 aromatic heterocycles. The normalized spacial score (nSPS) is 11.8. The fourth-order valence-electron chi connectivity index (χ4n) is 3.48. The lowest BCUT2D eigenvalue weighted by molar-refractivity contribution is 0.292. The number of aryl methyl sites for hydroxylation is 3. The van der Waals surface area contributed by atoms with Crippen LogP contribution in [0.15, 0.2) is 23.1 Å². The summed E-state index contributed by atoms with van der Waals surface area (Å²) in [5.41, 5.74) is 4.06. The van der Waals surface area contributed by atoms with Gasteiger partial charge in [0.25, 0.3) is 5.56 Å². The molecule has 0 atom stereocenters. The summed E-state index contributed by atoms with van der Waals surface area (Å²) in [7, 11) is 0. The van der Waals surface area contributed by atoms with Crippen LogP contribution in [-0.4, -0.2) is 39.1 Å². The summed E-state index contributed by atoms with van der Waals surface area (Å²) in [5.74, 6) is 0.771. The van der Waals surface area contributed by atoms with Gasteiger partial charge in [0.1, 0.15) is 5.82 Å². The largest absolute Gasteiger partial charge is 0.304 e. The van der Waals surface area contributed by atoms with Crippen molar-refractivity contribution in [1.29, 1.82) is 0 Å². The van der Waals surface area contributed by atoms with Crippen LogP contribution in [0.3, 0.4) is 0 Å². The summed E-state index contributed by atoms with van der Waals surface area (Å²) < 4.78 is 1.79. The molecule has 26 heavy (non-hydrogen) atoms. The predicted octanol–water partition coefficient (Wildman–Crippen LogP) is 3.60. The minimum absolute atomic E-state index is 0.0136. The van der Waals surface area contributed by atoms with Crippen LogP contribution in [0.1, 0.15) is 37.2 Å². The summed E-state index contributed by atoms with van der Waals surface area (Å²) in [5, 5.41) is 1.57. The number of hydrogen-bond acceptors (Lipinski definition) is 4. The van der Waals surface area contributed by atoms with Gasteiger partial charge in [-0.05, 0) is 70.1 Å². The first kappa shape index (κ1) is 18.5. The predicted molar refractivity (Wildman–Crippen MR) is 108 cm³/mol. The van der Waals surface area contributed by atoms with E-state index in [1.165, 1.54) is 11.1 Å². The van der Waals surface area contributed by atoms with Gasteiger partial charge in [0.05, 0.1) is 16.4 Å². The molecule has 0 aliphatic rings. The van der Waals surface area contributed by atoms with Crippen LogP contribution >= 0.6 is 0 Å². The van der Waals surface area contributed by atoms with Gasteiger partial charge in [0.2, 0.25) is 0 Å². The lowest BCUT2D eigenvalue weighted by Crippen LogP contribution is -2.28. The number of benzene rings is 1. The zero-order valence-electron chi connectivity index (χ0n) is 16.5. The maximum absolute atomic E-state index is 13.0. The van der Waals surface area contributed by atoms with Crippen LogP contribution in [0.25, 0.3) is 21.8 Å². The molecule has 0 spiro atoms. The summed E-state index contributed by atoms with van der Waals surface area (Å²) >= 11 is 0. The highest BCUT2D eigenvalue weighted by atomic mass is 16.1. The summed E-state index contributed by atoms with van der Waals surface area (Å²) in [6, 6.07) is 4.16. The van der Waals surface area contributed by atoms with Crippen LogP contribution in [0, 0.1) is 20.8 Å². The smallest absolute Gasteiger partial charge is 0.262 e. The van der Waals surface area contributed by atoms with Gasteiger partial charge in [-0.15, -0.1) is 0 Å². The average Bonchev–Trinajstić information content (AvgIpc) is 2.62. The molecule has 0 saturated heterocycles. The standard InChI is InChI=1S/C21H28N4O/c1-6-24(7-2)9-8-10-25-16(5)23-20-17-11-14(3)15(4)12-19(17)22-13-18(20)21(25)26/h11-13H,6-10H2,1-5H3. The molecule has 2 heterocycles. The highest BCUT2D eigenvalue weighted by Crippen LogP contribution is 2.23. The second-order valence-corrected chi connectivity index (χ2v) is 6.97. The molecule has 0 aliphatic carbocycles. The first-order valence-corrected chi connectivity index (χ1v) is 9.45. The van der Waals surface area contributed by atoms with Gasteiger partial charge in [-0.2, -0.15) is 0 Å². The highest BCUT2D eigenvalue weighted by molar-refractivity contribution is 6.03. The maximum atomic E-state index is 13.0. The Morgan fingerprint density at radius 2 is 1.73 bits per heavy atom. The molecule has 0 N–H and O–H groups in total. The zero-order chi connectivity index (χ0) is 18.8. The van der Waals surface area contributed by atoms with Crippen LogP contribution in [0.5, 0.6) is 0 Å². The molecule has 3 rings (SSSR count). The van der Waals surface area contributed by atoms with E-state index in [1.54, 1.807) is 10.8 Å². The van der Waals surface area contributed by atoms with Crippen molar-refractivity contribution in [3.63, 3.8) is 0 Å².